The Morgan fingerprint density at radius 1 is 1.19 bits per heavy atom. The molecule has 2 rings (SSSR count). The molecule has 27 heavy (non-hydrogen) atoms. The van der Waals surface area contributed by atoms with Gasteiger partial charge in [-0.3, -0.25) is 9.79 Å². The zero-order chi connectivity index (χ0) is 19.6. The largest absolute Gasteiger partial charge is 0.481 e. The Kier molecular flexibility index (Phi) is 7.85. The van der Waals surface area contributed by atoms with Crippen molar-refractivity contribution >= 4 is 34.8 Å². The number of benzene rings is 2. The lowest BCUT2D eigenvalue weighted by Crippen LogP contribution is -2.17. The second kappa shape index (κ2) is 10.4. The van der Waals surface area contributed by atoms with E-state index in [0.717, 1.165) is 16.8 Å². The van der Waals surface area contributed by atoms with E-state index in [2.05, 4.69) is 15.6 Å². The third kappa shape index (κ3) is 7.13. The molecule has 0 saturated heterocycles. The molecular formula is C20H23ClN4O2. The molecule has 0 fully saturated rings. The van der Waals surface area contributed by atoms with E-state index in [4.69, 9.17) is 22.4 Å². The summed E-state index contributed by atoms with van der Waals surface area (Å²) in [5.74, 6) is -0.172. The van der Waals surface area contributed by atoms with Crippen LogP contribution in [0, 0.1) is 0 Å². The minimum Gasteiger partial charge on any atom is -0.481 e. The molecule has 0 amide bonds. The molecule has 6 nitrogen and oxygen atoms in total. The quantitative estimate of drug-likeness (QED) is 0.317. The molecule has 0 spiro atoms. The van der Waals surface area contributed by atoms with Gasteiger partial charge in [-0.1, -0.05) is 35.9 Å². The summed E-state index contributed by atoms with van der Waals surface area (Å²) in [5.41, 5.74) is 9.53. The average Bonchev–Trinajstić information content (AvgIpc) is 2.66. The molecule has 0 heterocycles. The molecule has 2 aromatic carbocycles. The number of anilines is 1. The number of amidine groups is 1. The number of nitrogens with zero attached hydrogens (tertiary/aromatic N) is 1. The van der Waals surface area contributed by atoms with Crippen molar-refractivity contribution in [3.05, 3.63) is 70.8 Å². The van der Waals surface area contributed by atoms with Gasteiger partial charge in [0.2, 0.25) is 0 Å². The predicted octanol–water partition coefficient (Wildman–Crippen LogP) is 3.34. The van der Waals surface area contributed by atoms with Crippen molar-refractivity contribution < 1.29 is 9.90 Å². The van der Waals surface area contributed by atoms with E-state index in [-0.39, 0.29) is 6.42 Å². The topological polar surface area (TPSA) is 99.7 Å². The van der Waals surface area contributed by atoms with Gasteiger partial charge in [0.05, 0.1) is 6.42 Å². The Morgan fingerprint density at radius 3 is 2.44 bits per heavy atom. The van der Waals surface area contributed by atoms with Gasteiger partial charge in [0.1, 0.15) is 5.84 Å². The zero-order valence-corrected chi connectivity index (χ0v) is 15.8. The summed E-state index contributed by atoms with van der Waals surface area (Å²) in [6, 6.07) is 15.1. The van der Waals surface area contributed by atoms with Crippen LogP contribution in [0.1, 0.15) is 17.5 Å². The Bertz CT molecular complexity index is 815. The fourth-order valence-corrected chi connectivity index (χ4v) is 2.44. The first-order valence-electron chi connectivity index (χ1n) is 8.46. The molecule has 0 aliphatic carbocycles. The van der Waals surface area contributed by atoms with E-state index in [1.54, 1.807) is 25.3 Å². The number of nitrogens with one attached hydrogen (secondary N) is 2. The third-order valence-corrected chi connectivity index (χ3v) is 4.03. The highest BCUT2D eigenvalue weighted by Crippen LogP contribution is 2.15. The molecule has 5 N–H and O–H groups in total. The van der Waals surface area contributed by atoms with Crippen molar-refractivity contribution in [2.45, 2.75) is 13.0 Å². The van der Waals surface area contributed by atoms with Gasteiger partial charge < -0.3 is 21.5 Å². The minimum absolute atomic E-state index is 0.108. The molecule has 0 saturated carbocycles. The Morgan fingerprint density at radius 2 is 1.85 bits per heavy atom. The highest BCUT2D eigenvalue weighted by Gasteiger charge is 2.02. The lowest BCUT2D eigenvalue weighted by atomic mass is 10.1. The first kappa shape index (κ1) is 20.5. The molecule has 0 unspecified atom stereocenters. The van der Waals surface area contributed by atoms with Gasteiger partial charge in [-0.2, -0.15) is 0 Å². The first-order valence-corrected chi connectivity index (χ1v) is 8.84. The second-order valence-corrected chi connectivity index (χ2v) is 6.29. The molecule has 2 aromatic rings. The van der Waals surface area contributed by atoms with Gasteiger partial charge >= 0.3 is 5.97 Å². The van der Waals surface area contributed by atoms with Crippen molar-refractivity contribution in [2.24, 2.45) is 10.7 Å². The summed E-state index contributed by atoms with van der Waals surface area (Å²) in [6.07, 6.45) is 1.88. The predicted molar refractivity (Wildman–Crippen MR) is 111 cm³/mol. The van der Waals surface area contributed by atoms with Crippen LogP contribution in [0.2, 0.25) is 5.02 Å². The fraction of sp³-hybridized carbons (Fsp3) is 0.200. The van der Waals surface area contributed by atoms with E-state index in [1.165, 1.54) is 0 Å². The third-order valence-electron chi connectivity index (χ3n) is 3.78. The van der Waals surface area contributed by atoms with Crippen LogP contribution in [0.4, 0.5) is 5.69 Å². The maximum absolute atomic E-state index is 10.5. The standard InChI is InChI=1S/C20H23ClN4O2/c1-23-19(12-18(22)15-4-6-16(21)7-5-15)25-17-8-2-14(3-9-17)13-24-11-10-20(26)27/h2-9,12,24H,10-11,13,22H2,1H3,(H,23,25)(H,26,27)/b18-12-. The number of rotatable bonds is 8. The van der Waals surface area contributed by atoms with Gasteiger partial charge in [0.15, 0.2) is 0 Å². The van der Waals surface area contributed by atoms with Crippen molar-refractivity contribution in [3.63, 3.8) is 0 Å². The van der Waals surface area contributed by atoms with E-state index in [9.17, 15) is 4.79 Å². The number of carboxylic acid groups (broad SMARTS) is 1. The van der Waals surface area contributed by atoms with Gasteiger partial charge in [0.25, 0.3) is 0 Å². The molecule has 0 aliphatic heterocycles. The van der Waals surface area contributed by atoms with Crippen LogP contribution in [0.25, 0.3) is 5.70 Å². The van der Waals surface area contributed by atoms with Crippen LogP contribution in [-0.4, -0.2) is 30.5 Å². The van der Waals surface area contributed by atoms with Crippen LogP contribution < -0.4 is 16.4 Å². The molecular weight excluding hydrogens is 364 g/mol. The van der Waals surface area contributed by atoms with Crippen LogP contribution in [-0.2, 0) is 11.3 Å². The molecule has 0 aliphatic rings. The number of hydrogen-bond acceptors (Lipinski definition) is 4. The number of hydrogen-bond donors (Lipinski definition) is 4. The van der Waals surface area contributed by atoms with Crippen LogP contribution in [0.15, 0.2) is 59.6 Å². The van der Waals surface area contributed by atoms with Crippen LogP contribution >= 0.6 is 11.6 Å². The van der Waals surface area contributed by atoms with E-state index < -0.39 is 5.97 Å². The minimum atomic E-state index is -0.806. The van der Waals surface area contributed by atoms with E-state index in [0.29, 0.717) is 29.6 Å². The van der Waals surface area contributed by atoms with Gasteiger partial charge in [-0.05, 0) is 35.4 Å². The second-order valence-electron chi connectivity index (χ2n) is 5.86. The lowest BCUT2D eigenvalue weighted by molar-refractivity contribution is -0.136. The number of aliphatic carboxylic acids is 1. The van der Waals surface area contributed by atoms with Crippen molar-refractivity contribution in [3.8, 4) is 0 Å². The van der Waals surface area contributed by atoms with Crippen LogP contribution in [0.5, 0.6) is 0 Å². The van der Waals surface area contributed by atoms with E-state index in [1.807, 2.05) is 36.4 Å². The van der Waals surface area contributed by atoms with Gasteiger partial charge in [0, 0.05) is 42.6 Å². The lowest BCUT2D eigenvalue weighted by Gasteiger charge is -2.09. The monoisotopic (exact) mass is 386 g/mol. The number of carboxylic acids is 1. The maximum atomic E-state index is 10.5. The Balaban J connectivity index is 1.94. The molecule has 0 radical (unpaired) electrons. The highest BCUT2D eigenvalue weighted by molar-refractivity contribution is 6.30. The molecule has 0 atom stereocenters. The molecule has 0 bridgehead atoms. The smallest absolute Gasteiger partial charge is 0.304 e. The van der Waals surface area contributed by atoms with Crippen molar-refractivity contribution in [2.75, 3.05) is 18.9 Å². The SMILES string of the molecule is CN=C(/C=C(\N)c1ccc(Cl)cc1)Nc1ccc(CNCCC(=O)O)cc1. The van der Waals surface area contributed by atoms with E-state index >= 15 is 0 Å². The Labute approximate surface area is 163 Å². The fourth-order valence-electron chi connectivity index (χ4n) is 2.31. The summed E-state index contributed by atoms with van der Waals surface area (Å²) in [4.78, 5) is 14.7. The summed E-state index contributed by atoms with van der Waals surface area (Å²) >= 11 is 5.90. The maximum Gasteiger partial charge on any atom is 0.304 e. The highest BCUT2D eigenvalue weighted by atomic mass is 35.5. The zero-order valence-electron chi connectivity index (χ0n) is 15.1. The normalized spacial score (nSPS) is 12.1. The molecule has 142 valence electrons. The van der Waals surface area contributed by atoms with Crippen molar-refractivity contribution in [1.82, 2.24) is 5.32 Å². The summed E-state index contributed by atoms with van der Waals surface area (Å²) in [5, 5.41) is 15.6. The first-order chi connectivity index (χ1) is 13.0. The number of carbonyl (C=O) groups is 1. The van der Waals surface area contributed by atoms with Gasteiger partial charge in [-0.15, -0.1) is 0 Å². The molecule has 7 heteroatoms. The molecule has 0 aromatic heterocycles. The van der Waals surface area contributed by atoms with Crippen LogP contribution in [0.3, 0.4) is 0 Å². The number of halogens is 1. The summed E-state index contributed by atoms with van der Waals surface area (Å²) in [6.45, 7) is 1.06. The Hall–Kier alpha value is -2.83. The van der Waals surface area contributed by atoms with Gasteiger partial charge in [-0.25, -0.2) is 0 Å². The average molecular weight is 387 g/mol. The summed E-state index contributed by atoms with van der Waals surface area (Å²) in [7, 11) is 1.69. The number of aliphatic imine (C=N–C) groups is 1. The van der Waals surface area contributed by atoms with Crippen molar-refractivity contribution in [1.29, 1.82) is 0 Å². The number of nitrogens with two attached hydrogens (primary N) is 1. The summed E-state index contributed by atoms with van der Waals surface area (Å²) < 4.78 is 0.